The first-order chi connectivity index (χ1) is 4.77. The fourth-order valence-corrected chi connectivity index (χ4v) is 5.89. The summed E-state index contributed by atoms with van der Waals surface area (Å²) < 4.78 is 0. The van der Waals surface area contributed by atoms with Gasteiger partial charge in [0.15, 0.2) is 0 Å². The molecule has 0 aromatic rings. The minimum absolute atomic E-state index is 0.699. The lowest BCUT2D eigenvalue weighted by molar-refractivity contribution is 0.706. The molecular weight excluding hydrogens is 136 g/mol. The number of hydrogen-bond donors (Lipinski definition) is 0. The molecule has 1 aliphatic rings. The van der Waals surface area contributed by atoms with Gasteiger partial charge in [0.1, 0.15) is 0 Å². The largest absolute Gasteiger partial charge is 0.0691 e. The molecule has 0 amide bonds. The van der Waals surface area contributed by atoms with Gasteiger partial charge in [0, 0.05) is 0 Å². The topological polar surface area (TPSA) is 0 Å². The van der Waals surface area contributed by atoms with Crippen LogP contribution in [-0.2, 0) is 0 Å². The molecule has 1 radical (unpaired) electrons. The standard InChI is InChI=1S/C9H19Si/c1-3-7-10(2)8-5-4-6-9-10/h1,3-9H2,2H3. The second kappa shape index (κ2) is 3.56. The summed E-state index contributed by atoms with van der Waals surface area (Å²) in [7, 11) is -0.699. The Hall–Kier alpha value is 0.217. The van der Waals surface area contributed by atoms with Crippen LogP contribution in [0, 0.1) is 6.92 Å². The van der Waals surface area contributed by atoms with Gasteiger partial charge < -0.3 is 0 Å². The van der Waals surface area contributed by atoms with E-state index >= 15 is 0 Å². The summed E-state index contributed by atoms with van der Waals surface area (Å²) in [6, 6.07) is 4.65. The van der Waals surface area contributed by atoms with E-state index in [1.54, 1.807) is 12.1 Å². The third-order valence-corrected chi connectivity index (χ3v) is 7.52. The van der Waals surface area contributed by atoms with E-state index < -0.39 is 8.07 Å². The maximum Gasteiger partial charge on any atom is 0.0504 e. The second-order valence-corrected chi connectivity index (χ2v) is 9.10. The molecule has 0 N–H and O–H groups in total. The summed E-state index contributed by atoms with van der Waals surface area (Å²) in [5.41, 5.74) is 0. The Balaban J connectivity index is 2.32. The van der Waals surface area contributed by atoms with E-state index in [1.165, 1.54) is 31.7 Å². The molecule has 1 heterocycles. The van der Waals surface area contributed by atoms with Gasteiger partial charge in [-0.15, -0.1) is 0 Å². The van der Waals surface area contributed by atoms with Crippen LogP contribution in [0.1, 0.15) is 25.7 Å². The zero-order valence-electron chi connectivity index (χ0n) is 7.16. The Morgan fingerprint density at radius 1 is 1.20 bits per heavy atom. The maximum atomic E-state index is 3.96. The van der Waals surface area contributed by atoms with E-state index in [4.69, 9.17) is 0 Å². The van der Waals surface area contributed by atoms with Crippen LogP contribution in [0.3, 0.4) is 0 Å². The lowest BCUT2D eigenvalue weighted by Gasteiger charge is -2.30. The summed E-state index contributed by atoms with van der Waals surface area (Å²) in [4.78, 5) is 0. The van der Waals surface area contributed by atoms with Gasteiger partial charge in [-0.3, -0.25) is 0 Å². The van der Waals surface area contributed by atoms with Crippen LogP contribution < -0.4 is 0 Å². The van der Waals surface area contributed by atoms with E-state index in [0.717, 1.165) is 0 Å². The van der Waals surface area contributed by atoms with E-state index in [0.29, 0.717) is 0 Å². The first kappa shape index (κ1) is 8.31. The highest BCUT2D eigenvalue weighted by Crippen LogP contribution is 2.31. The van der Waals surface area contributed by atoms with Crippen molar-refractivity contribution < 1.29 is 0 Å². The number of hydrogen-bond acceptors (Lipinski definition) is 0. The molecule has 10 heavy (non-hydrogen) atoms. The van der Waals surface area contributed by atoms with Gasteiger partial charge in [0.05, 0.1) is 8.07 Å². The molecule has 0 aliphatic carbocycles. The lowest BCUT2D eigenvalue weighted by atomic mass is 10.3. The van der Waals surface area contributed by atoms with Gasteiger partial charge in [-0.25, -0.2) is 0 Å². The molecule has 0 nitrogen and oxygen atoms in total. The fourth-order valence-electron chi connectivity index (χ4n) is 2.08. The Morgan fingerprint density at radius 2 is 1.80 bits per heavy atom. The van der Waals surface area contributed by atoms with Gasteiger partial charge in [-0.05, 0) is 0 Å². The van der Waals surface area contributed by atoms with Crippen LogP contribution in [0.2, 0.25) is 24.7 Å². The molecule has 1 fully saturated rings. The average Bonchev–Trinajstić information content (AvgIpc) is 1.89. The molecule has 0 bridgehead atoms. The highest BCUT2D eigenvalue weighted by Gasteiger charge is 2.27. The van der Waals surface area contributed by atoms with Crippen LogP contribution in [0.4, 0.5) is 0 Å². The number of rotatable bonds is 2. The van der Waals surface area contributed by atoms with Crippen molar-refractivity contribution in [2.75, 3.05) is 0 Å². The SMILES string of the molecule is [CH2]CC[Si]1(C)CCCCC1. The summed E-state index contributed by atoms with van der Waals surface area (Å²) >= 11 is 0. The highest BCUT2D eigenvalue weighted by molar-refractivity contribution is 6.78. The van der Waals surface area contributed by atoms with Gasteiger partial charge in [0.2, 0.25) is 0 Å². The second-order valence-electron chi connectivity index (χ2n) is 3.97. The molecule has 1 saturated heterocycles. The molecule has 1 rings (SSSR count). The van der Waals surface area contributed by atoms with Crippen LogP contribution in [-0.4, -0.2) is 8.07 Å². The normalized spacial score (nSPS) is 24.6. The zero-order valence-corrected chi connectivity index (χ0v) is 8.16. The Labute approximate surface area is 66.0 Å². The highest BCUT2D eigenvalue weighted by atomic mass is 28.3. The monoisotopic (exact) mass is 155 g/mol. The first-order valence-electron chi connectivity index (χ1n) is 4.56. The minimum Gasteiger partial charge on any atom is -0.0691 e. The zero-order chi connectivity index (χ0) is 7.45. The van der Waals surface area contributed by atoms with Crippen molar-refractivity contribution in [1.82, 2.24) is 0 Å². The average molecular weight is 155 g/mol. The van der Waals surface area contributed by atoms with Crippen molar-refractivity contribution in [3.8, 4) is 0 Å². The van der Waals surface area contributed by atoms with Gasteiger partial charge in [0.25, 0.3) is 0 Å². The summed E-state index contributed by atoms with van der Waals surface area (Å²) in [5, 5.41) is 0. The predicted octanol–water partition coefficient (Wildman–Crippen LogP) is 3.47. The van der Waals surface area contributed by atoms with Crippen molar-refractivity contribution >= 4 is 8.07 Å². The van der Waals surface area contributed by atoms with Gasteiger partial charge in [-0.2, -0.15) is 0 Å². The van der Waals surface area contributed by atoms with Crippen LogP contribution in [0.5, 0.6) is 0 Å². The van der Waals surface area contributed by atoms with Crippen LogP contribution >= 0.6 is 0 Å². The molecule has 1 aliphatic heterocycles. The van der Waals surface area contributed by atoms with Crippen molar-refractivity contribution in [2.45, 2.75) is 50.4 Å². The summed E-state index contributed by atoms with van der Waals surface area (Å²) in [6.45, 7) is 6.53. The maximum absolute atomic E-state index is 3.96. The summed E-state index contributed by atoms with van der Waals surface area (Å²) in [5.74, 6) is 0. The molecule has 0 unspecified atom stereocenters. The third-order valence-electron chi connectivity index (χ3n) is 2.84. The van der Waals surface area contributed by atoms with Crippen LogP contribution in [0.15, 0.2) is 0 Å². The van der Waals surface area contributed by atoms with E-state index in [1.807, 2.05) is 0 Å². The van der Waals surface area contributed by atoms with Gasteiger partial charge >= 0.3 is 0 Å². The van der Waals surface area contributed by atoms with Crippen molar-refractivity contribution in [3.63, 3.8) is 0 Å². The molecule has 0 aromatic carbocycles. The molecule has 0 aromatic heterocycles. The Morgan fingerprint density at radius 3 is 2.30 bits per heavy atom. The molecular formula is C9H19Si. The molecule has 0 spiro atoms. The molecule has 0 atom stereocenters. The Bertz CT molecular complexity index is 87.4. The fraction of sp³-hybridized carbons (Fsp3) is 0.889. The lowest BCUT2D eigenvalue weighted by Crippen LogP contribution is -2.31. The Kier molecular flexibility index (Phi) is 2.96. The van der Waals surface area contributed by atoms with Gasteiger partial charge in [-0.1, -0.05) is 57.3 Å². The molecule has 1 heteroatoms. The van der Waals surface area contributed by atoms with E-state index in [2.05, 4.69) is 13.5 Å². The predicted molar refractivity (Wildman–Crippen MR) is 49.9 cm³/mol. The first-order valence-corrected chi connectivity index (χ1v) is 7.68. The minimum atomic E-state index is -0.699. The smallest absolute Gasteiger partial charge is 0.0504 e. The van der Waals surface area contributed by atoms with Crippen LogP contribution in [0.25, 0.3) is 0 Å². The quantitative estimate of drug-likeness (QED) is 0.536. The van der Waals surface area contributed by atoms with E-state index in [9.17, 15) is 0 Å². The third kappa shape index (κ3) is 2.12. The van der Waals surface area contributed by atoms with Crippen molar-refractivity contribution in [2.24, 2.45) is 0 Å². The van der Waals surface area contributed by atoms with Crippen molar-refractivity contribution in [3.05, 3.63) is 6.92 Å². The summed E-state index contributed by atoms with van der Waals surface area (Å²) in [6.07, 6.45) is 5.72. The molecule has 59 valence electrons. The molecule has 0 saturated carbocycles. The van der Waals surface area contributed by atoms with E-state index in [-0.39, 0.29) is 0 Å². The van der Waals surface area contributed by atoms with Crippen molar-refractivity contribution in [1.29, 1.82) is 0 Å².